The molecule has 2 aromatic rings. The molecule has 4 nitrogen and oxygen atoms in total. The lowest BCUT2D eigenvalue weighted by atomic mass is 9.73. The van der Waals surface area contributed by atoms with Gasteiger partial charge >= 0.3 is 0 Å². The van der Waals surface area contributed by atoms with E-state index in [0.717, 1.165) is 18.5 Å². The molecule has 150 valence electrons. The topological polar surface area (TPSA) is 40.6 Å². The van der Waals surface area contributed by atoms with E-state index >= 15 is 0 Å². The van der Waals surface area contributed by atoms with Gasteiger partial charge in [-0.15, -0.1) is 0 Å². The van der Waals surface area contributed by atoms with Crippen LogP contribution < -0.4 is 0 Å². The molecule has 2 bridgehead atoms. The van der Waals surface area contributed by atoms with Crippen molar-refractivity contribution in [2.75, 3.05) is 0 Å². The lowest BCUT2D eigenvalue weighted by Crippen LogP contribution is -2.48. The molecular weight excluding hydrogens is 357 g/mol. The van der Waals surface area contributed by atoms with Crippen LogP contribution >= 0.6 is 0 Å². The van der Waals surface area contributed by atoms with Crippen LogP contribution in [0.1, 0.15) is 44.9 Å². The zero-order valence-corrected chi connectivity index (χ0v) is 16.7. The Kier molecular flexibility index (Phi) is 5.25. The highest BCUT2D eigenvalue weighted by Crippen LogP contribution is 2.56. The standard InChI is InChI=1S/C23H28FNO3/c1-16(2)23-13-20(26-14-17-8-4-5-10-19(17)24)22(3,28-23)12-21(23)27-15-18-9-6-7-11-25-18/h4-11,16,20-21H,12-15H2,1-3H3/t20-,21-,22+,23-/m1/s1. The lowest BCUT2D eigenvalue weighted by Gasteiger charge is -2.38. The molecule has 4 rings (SSSR count). The molecular formula is C23H28FNO3. The van der Waals surface area contributed by atoms with Crippen molar-refractivity contribution in [3.63, 3.8) is 0 Å². The second-order valence-electron chi connectivity index (χ2n) is 8.44. The molecule has 2 fully saturated rings. The molecule has 5 heteroatoms. The Balaban J connectivity index is 1.45. The van der Waals surface area contributed by atoms with Gasteiger partial charge in [0.2, 0.25) is 0 Å². The summed E-state index contributed by atoms with van der Waals surface area (Å²) in [5.41, 5.74) is 0.686. The van der Waals surface area contributed by atoms with Gasteiger partial charge in [-0.3, -0.25) is 4.98 Å². The molecule has 0 spiro atoms. The Morgan fingerprint density at radius 3 is 2.54 bits per heavy atom. The summed E-state index contributed by atoms with van der Waals surface area (Å²) in [6.45, 7) is 7.15. The fourth-order valence-corrected chi connectivity index (χ4v) is 4.59. The van der Waals surface area contributed by atoms with Crippen LogP contribution in [0.4, 0.5) is 4.39 Å². The molecule has 3 heterocycles. The van der Waals surface area contributed by atoms with Gasteiger partial charge in [-0.25, -0.2) is 4.39 Å². The third-order valence-electron chi connectivity index (χ3n) is 6.28. The molecule has 0 saturated carbocycles. The fourth-order valence-electron chi connectivity index (χ4n) is 4.59. The Morgan fingerprint density at radius 2 is 1.82 bits per heavy atom. The summed E-state index contributed by atoms with van der Waals surface area (Å²) in [7, 11) is 0. The minimum Gasteiger partial charge on any atom is -0.370 e. The Bertz CT molecular complexity index is 815. The quantitative estimate of drug-likeness (QED) is 0.695. The summed E-state index contributed by atoms with van der Waals surface area (Å²) in [6, 6.07) is 12.6. The van der Waals surface area contributed by atoms with Crippen LogP contribution in [-0.4, -0.2) is 28.4 Å². The number of ether oxygens (including phenoxy) is 3. The molecule has 0 unspecified atom stereocenters. The first-order valence-electron chi connectivity index (χ1n) is 10.00. The number of aromatic nitrogens is 1. The maximum absolute atomic E-state index is 13.9. The molecule has 4 atom stereocenters. The van der Waals surface area contributed by atoms with Crippen LogP contribution in [0.25, 0.3) is 0 Å². The van der Waals surface area contributed by atoms with Crippen LogP contribution in [0.5, 0.6) is 0 Å². The third-order valence-corrected chi connectivity index (χ3v) is 6.28. The normalized spacial score (nSPS) is 31.6. The number of hydrogen-bond donors (Lipinski definition) is 0. The lowest BCUT2D eigenvalue weighted by molar-refractivity contribution is -0.121. The van der Waals surface area contributed by atoms with E-state index in [1.807, 2.05) is 24.3 Å². The molecule has 0 aliphatic carbocycles. The van der Waals surface area contributed by atoms with Gasteiger partial charge in [0.05, 0.1) is 36.7 Å². The second-order valence-corrected chi connectivity index (χ2v) is 8.44. The first-order chi connectivity index (χ1) is 13.4. The van der Waals surface area contributed by atoms with E-state index in [-0.39, 0.29) is 36.2 Å². The minimum atomic E-state index is -0.426. The summed E-state index contributed by atoms with van der Waals surface area (Å²) in [6.07, 6.45) is 3.21. The highest BCUT2D eigenvalue weighted by Gasteiger charge is 2.66. The maximum Gasteiger partial charge on any atom is 0.128 e. The van der Waals surface area contributed by atoms with Gasteiger partial charge in [-0.05, 0) is 31.0 Å². The maximum atomic E-state index is 13.9. The van der Waals surface area contributed by atoms with E-state index in [4.69, 9.17) is 14.2 Å². The van der Waals surface area contributed by atoms with Crippen molar-refractivity contribution in [1.82, 2.24) is 4.98 Å². The molecule has 2 aliphatic rings. The summed E-state index contributed by atoms with van der Waals surface area (Å²) < 4.78 is 33.0. The monoisotopic (exact) mass is 385 g/mol. The van der Waals surface area contributed by atoms with Gasteiger partial charge in [0.15, 0.2) is 0 Å². The number of pyridine rings is 1. The molecule has 2 aliphatic heterocycles. The van der Waals surface area contributed by atoms with Crippen LogP contribution in [0, 0.1) is 11.7 Å². The Labute approximate surface area is 166 Å². The summed E-state index contributed by atoms with van der Waals surface area (Å²) in [5.74, 6) is 0.0528. The van der Waals surface area contributed by atoms with Crippen molar-refractivity contribution in [3.05, 3.63) is 65.7 Å². The zero-order valence-electron chi connectivity index (χ0n) is 16.7. The molecule has 28 heavy (non-hydrogen) atoms. The van der Waals surface area contributed by atoms with Crippen molar-refractivity contribution >= 4 is 0 Å². The molecule has 2 saturated heterocycles. The Morgan fingerprint density at radius 1 is 1.07 bits per heavy atom. The van der Waals surface area contributed by atoms with Crippen molar-refractivity contribution in [2.24, 2.45) is 5.92 Å². The van der Waals surface area contributed by atoms with E-state index in [2.05, 4.69) is 25.8 Å². The van der Waals surface area contributed by atoms with Gasteiger partial charge in [-0.1, -0.05) is 38.1 Å². The third kappa shape index (κ3) is 3.47. The van der Waals surface area contributed by atoms with Crippen LogP contribution in [0.15, 0.2) is 48.7 Å². The average Bonchev–Trinajstić information content (AvgIpc) is 3.15. The minimum absolute atomic E-state index is 0.00665. The van der Waals surface area contributed by atoms with E-state index in [0.29, 0.717) is 12.2 Å². The van der Waals surface area contributed by atoms with Gasteiger partial charge in [0.25, 0.3) is 0 Å². The number of nitrogens with zero attached hydrogens (tertiary/aromatic N) is 1. The van der Waals surface area contributed by atoms with Gasteiger partial charge in [-0.2, -0.15) is 0 Å². The summed E-state index contributed by atoms with van der Waals surface area (Å²) >= 11 is 0. The van der Waals surface area contributed by atoms with Crippen LogP contribution in [0.2, 0.25) is 0 Å². The fraction of sp³-hybridized carbons (Fsp3) is 0.522. The van der Waals surface area contributed by atoms with Crippen LogP contribution in [-0.2, 0) is 27.4 Å². The number of benzene rings is 1. The number of hydrogen-bond acceptors (Lipinski definition) is 4. The number of halogens is 1. The predicted octanol–water partition coefficient (Wildman–Crippen LogP) is 4.67. The molecule has 1 aromatic carbocycles. The van der Waals surface area contributed by atoms with E-state index in [1.54, 1.807) is 18.3 Å². The van der Waals surface area contributed by atoms with Crippen molar-refractivity contribution < 1.29 is 18.6 Å². The van der Waals surface area contributed by atoms with E-state index in [1.165, 1.54) is 6.07 Å². The van der Waals surface area contributed by atoms with Gasteiger partial charge < -0.3 is 14.2 Å². The largest absolute Gasteiger partial charge is 0.370 e. The number of rotatable bonds is 7. The Hall–Kier alpha value is -1.82. The van der Waals surface area contributed by atoms with Crippen LogP contribution in [0.3, 0.4) is 0 Å². The van der Waals surface area contributed by atoms with Gasteiger partial charge in [0, 0.05) is 24.6 Å². The molecule has 0 N–H and O–H groups in total. The molecule has 0 amide bonds. The van der Waals surface area contributed by atoms with E-state index in [9.17, 15) is 4.39 Å². The molecule has 0 radical (unpaired) electrons. The first kappa shape index (κ1) is 19.5. The summed E-state index contributed by atoms with van der Waals surface area (Å²) in [5, 5.41) is 0. The summed E-state index contributed by atoms with van der Waals surface area (Å²) in [4.78, 5) is 4.35. The SMILES string of the molecule is CC(C)[C@]12C[C@@H](OCc3ccccc3F)[C@](C)(C[C@H]1OCc1ccccn1)O2. The van der Waals surface area contributed by atoms with Gasteiger partial charge in [0.1, 0.15) is 11.4 Å². The highest BCUT2D eigenvalue weighted by molar-refractivity contribution is 5.18. The zero-order chi connectivity index (χ0) is 19.8. The second kappa shape index (κ2) is 7.54. The first-order valence-corrected chi connectivity index (χ1v) is 10.00. The van der Waals surface area contributed by atoms with Crippen molar-refractivity contribution in [1.29, 1.82) is 0 Å². The van der Waals surface area contributed by atoms with E-state index < -0.39 is 5.60 Å². The van der Waals surface area contributed by atoms with Crippen molar-refractivity contribution in [2.45, 2.75) is 70.2 Å². The number of fused-ring (bicyclic) bond motifs is 2. The smallest absolute Gasteiger partial charge is 0.128 e. The van der Waals surface area contributed by atoms with Crippen molar-refractivity contribution in [3.8, 4) is 0 Å². The highest BCUT2D eigenvalue weighted by atomic mass is 19.1. The average molecular weight is 385 g/mol. The predicted molar refractivity (Wildman–Crippen MR) is 104 cm³/mol. The molecule has 1 aromatic heterocycles.